The molecule has 1 atom stereocenters. The summed E-state index contributed by atoms with van der Waals surface area (Å²) in [5.74, 6) is -1.33. The lowest BCUT2D eigenvalue weighted by atomic mass is 9.92. The van der Waals surface area contributed by atoms with E-state index < -0.39 is 35.7 Å². The topological polar surface area (TPSA) is 47.1 Å². The monoisotopic (exact) mass is 432 g/mol. The van der Waals surface area contributed by atoms with Crippen molar-refractivity contribution in [2.24, 2.45) is 0 Å². The normalized spacial score (nSPS) is 21.2. The van der Waals surface area contributed by atoms with Crippen LogP contribution in [0.4, 0.5) is 22.0 Å². The van der Waals surface area contributed by atoms with Crippen LogP contribution in [-0.4, -0.2) is 29.4 Å². The van der Waals surface area contributed by atoms with Gasteiger partial charge in [-0.25, -0.2) is 8.78 Å². The Hall–Kier alpha value is -1.68. The highest BCUT2D eigenvalue weighted by molar-refractivity contribution is 7.89. The highest BCUT2D eigenvalue weighted by Crippen LogP contribution is 2.26. The zero-order chi connectivity index (χ0) is 21.0. The Morgan fingerprint density at radius 2 is 1.55 bits per heavy atom. The minimum absolute atomic E-state index is 0.0472. The third-order valence-electron chi connectivity index (χ3n) is 4.90. The molecule has 2 aromatic rings. The van der Waals surface area contributed by atoms with E-state index in [0.717, 1.165) is 6.07 Å². The Morgan fingerprint density at radius 1 is 0.931 bits per heavy atom. The number of alkyl halides is 3. The molecular formula is C20H21F5N2OS. The van der Waals surface area contributed by atoms with Crippen LogP contribution < -0.4 is 10.0 Å². The van der Waals surface area contributed by atoms with Gasteiger partial charge in [0.05, 0.1) is 23.9 Å². The van der Waals surface area contributed by atoms with Crippen molar-refractivity contribution in [1.29, 1.82) is 0 Å². The quantitative estimate of drug-likeness (QED) is 0.514. The molecular weight excluding hydrogens is 411 g/mol. The summed E-state index contributed by atoms with van der Waals surface area (Å²) < 4.78 is 79.2. The number of benzene rings is 2. The van der Waals surface area contributed by atoms with Crippen molar-refractivity contribution >= 4 is 11.4 Å². The first-order chi connectivity index (χ1) is 13.7. The highest BCUT2D eigenvalue weighted by atomic mass is 32.2. The number of halogens is 5. The molecule has 1 saturated carbocycles. The molecule has 0 aromatic heterocycles. The lowest BCUT2D eigenvalue weighted by molar-refractivity contribution is -0.126. The Morgan fingerprint density at radius 3 is 2.14 bits per heavy atom. The zero-order valence-electron chi connectivity index (χ0n) is 15.4. The van der Waals surface area contributed by atoms with E-state index in [0.29, 0.717) is 36.1 Å². The van der Waals surface area contributed by atoms with Gasteiger partial charge in [0.25, 0.3) is 0 Å². The molecule has 29 heavy (non-hydrogen) atoms. The smallest absolute Gasteiger partial charge is 0.401 e. The van der Waals surface area contributed by atoms with E-state index in [9.17, 15) is 26.5 Å². The van der Waals surface area contributed by atoms with Gasteiger partial charge in [-0.05, 0) is 67.6 Å². The van der Waals surface area contributed by atoms with E-state index in [1.807, 2.05) is 0 Å². The second kappa shape index (κ2) is 9.42. The van der Waals surface area contributed by atoms with Gasteiger partial charge in [0, 0.05) is 17.7 Å². The van der Waals surface area contributed by atoms with Crippen LogP contribution in [0.5, 0.6) is 0 Å². The molecule has 1 aliphatic carbocycles. The average Bonchev–Trinajstić information content (AvgIpc) is 2.67. The Bertz CT molecular complexity index is 808. The molecule has 1 aliphatic rings. The van der Waals surface area contributed by atoms with Crippen molar-refractivity contribution in [2.75, 3.05) is 6.54 Å². The van der Waals surface area contributed by atoms with Crippen molar-refractivity contribution in [3.05, 3.63) is 54.1 Å². The van der Waals surface area contributed by atoms with Gasteiger partial charge >= 0.3 is 6.18 Å². The molecule has 0 heterocycles. The van der Waals surface area contributed by atoms with Gasteiger partial charge in [-0.3, -0.25) is 0 Å². The van der Waals surface area contributed by atoms with Crippen molar-refractivity contribution in [1.82, 2.24) is 10.0 Å². The van der Waals surface area contributed by atoms with E-state index in [1.165, 1.54) is 12.1 Å². The van der Waals surface area contributed by atoms with E-state index in [-0.39, 0.29) is 17.6 Å². The fourth-order valence-electron chi connectivity index (χ4n) is 3.38. The molecule has 0 spiro atoms. The second-order valence-corrected chi connectivity index (χ2v) is 8.32. The molecule has 0 aliphatic heterocycles. The lowest BCUT2D eigenvalue weighted by Gasteiger charge is -2.29. The van der Waals surface area contributed by atoms with Crippen LogP contribution in [0.3, 0.4) is 0 Å². The van der Waals surface area contributed by atoms with Gasteiger partial charge in [-0.1, -0.05) is 0 Å². The molecule has 158 valence electrons. The van der Waals surface area contributed by atoms with E-state index in [4.69, 9.17) is 0 Å². The van der Waals surface area contributed by atoms with Crippen LogP contribution in [-0.2, 0) is 11.4 Å². The van der Waals surface area contributed by atoms with Gasteiger partial charge in [-0.15, -0.1) is 4.72 Å². The highest BCUT2D eigenvalue weighted by Gasteiger charge is 2.30. The molecule has 3 rings (SSSR count). The minimum atomic E-state index is -4.22. The predicted octanol–water partition coefficient (Wildman–Crippen LogP) is 4.71. The van der Waals surface area contributed by atoms with Crippen LogP contribution in [0, 0.1) is 11.6 Å². The molecule has 2 N–H and O–H groups in total. The largest absolute Gasteiger partial charge is 0.593 e. The fourth-order valence-corrected chi connectivity index (χ4v) is 4.43. The summed E-state index contributed by atoms with van der Waals surface area (Å²) in [5, 5.41) is 2.51. The van der Waals surface area contributed by atoms with Gasteiger partial charge in [0.2, 0.25) is 0 Å². The van der Waals surface area contributed by atoms with E-state index in [2.05, 4.69) is 10.0 Å². The van der Waals surface area contributed by atoms with Crippen LogP contribution in [0.1, 0.15) is 25.7 Å². The maximum Gasteiger partial charge on any atom is 0.401 e. The molecule has 0 amide bonds. The van der Waals surface area contributed by atoms with Crippen LogP contribution in [0.25, 0.3) is 11.1 Å². The summed E-state index contributed by atoms with van der Waals surface area (Å²) >= 11 is -1.49. The van der Waals surface area contributed by atoms with Crippen LogP contribution in [0.2, 0.25) is 0 Å². The van der Waals surface area contributed by atoms with E-state index >= 15 is 0 Å². The third kappa shape index (κ3) is 6.40. The standard InChI is InChI=1S/C20H21F5N2OS/c21-14-3-10-18(19(22)11-14)13-1-8-17(9-2-13)29(28)27-16-6-4-15(5-7-16)26-12-20(23,24)25/h1-3,8-11,15-16,26-27H,4-7,12H2. The van der Waals surface area contributed by atoms with Crippen molar-refractivity contribution in [3.63, 3.8) is 0 Å². The summed E-state index contributed by atoms with van der Waals surface area (Å²) in [5.41, 5.74) is 0.792. The fraction of sp³-hybridized carbons (Fsp3) is 0.400. The summed E-state index contributed by atoms with van der Waals surface area (Å²) in [7, 11) is 0. The molecule has 0 bridgehead atoms. The van der Waals surface area contributed by atoms with E-state index in [1.54, 1.807) is 24.3 Å². The Labute approximate surface area is 169 Å². The van der Waals surface area contributed by atoms with Gasteiger partial charge in [0.1, 0.15) is 11.6 Å². The van der Waals surface area contributed by atoms with Gasteiger partial charge in [-0.2, -0.15) is 13.2 Å². The summed E-state index contributed by atoms with van der Waals surface area (Å²) in [6.07, 6.45) is -1.82. The van der Waals surface area contributed by atoms with Crippen molar-refractivity contribution in [2.45, 2.75) is 48.8 Å². The average molecular weight is 432 g/mol. The summed E-state index contributed by atoms with van der Waals surface area (Å²) in [6.45, 7) is -0.997. The summed E-state index contributed by atoms with van der Waals surface area (Å²) in [6, 6.07) is 9.54. The number of hydrogen-bond acceptors (Lipinski definition) is 3. The Kier molecular flexibility index (Phi) is 7.15. The maximum atomic E-state index is 13.9. The van der Waals surface area contributed by atoms with Gasteiger partial charge < -0.3 is 9.87 Å². The molecule has 3 nitrogen and oxygen atoms in total. The lowest BCUT2D eigenvalue weighted by Crippen LogP contribution is -2.44. The van der Waals surface area contributed by atoms with Gasteiger partial charge in [0.15, 0.2) is 4.90 Å². The van der Waals surface area contributed by atoms with Crippen molar-refractivity contribution < 1.29 is 26.5 Å². The number of rotatable bonds is 6. The molecule has 9 heteroatoms. The van der Waals surface area contributed by atoms with Crippen LogP contribution in [0.15, 0.2) is 47.4 Å². The second-order valence-electron chi connectivity index (χ2n) is 7.08. The SMILES string of the molecule is [O-][S+](NC1CCC(NCC(F)(F)F)CC1)c1ccc(-c2ccc(F)cc2F)cc1. The van der Waals surface area contributed by atoms with Crippen LogP contribution >= 0.6 is 0 Å². The summed E-state index contributed by atoms with van der Waals surface area (Å²) in [4.78, 5) is 0.508. The first kappa shape index (κ1) is 22.0. The van der Waals surface area contributed by atoms with Crippen molar-refractivity contribution in [3.8, 4) is 11.1 Å². The third-order valence-corrected chi connectivity index (χ3v) is 6.15. The minimum Gasteiger partial charge on any atom is -0.593 e. The number of hydrogen-bond donors (Lipinski definition) is 2. The molecule has 0 radical (unpaired) electrons. The molecule has 1 unspecified atom stereocenters. The Balaban J connectivity index is 1.52. The molecule has 1 fully saturated rings. The molecule has 0 saturated heterocycles. The number of nitrogens with one attached hydrogen (secondary N) is 2. The first-order valence-electron chi connectivity index (χ1n) is 9.25. The maximum absolute atomic E-state index is 13.9. The zero-order valence-corrected chi connectivity index (χ0v) is 16.3. The molecule has 2 aromatic carbocycles. The predicted molar refractivity (Wildman–Crippen MR) is 101 cm³/mol. The first-order valence-corrected chi connectivity index (χ1v) is 10.4.